The van der Waals surface area contributed by atoms with Crippen molar-refractivity contribution in [1.29, 1.82) is 0 Å². The Morgan fingerprint density at radius 3 is 2.04 bits per heavy atom. The number of ketones is 1. The van der Waals surface area contributed by atoms with Crippen LogP contribution in [0.4, 0.5) is 0 Å². The molecule has 2 amide bonds. The zero-order chi connectivity index (χ0) is 19.1. The van der Waals surface area contributed by atoms with Gasteiger partial charge in [-0.1, -0.05) is 68.4 Å². The molecule has 136 valence electrons. The monoisotopic (exact) mass is 352 g/mol. The van der Waals surface area contributed by atoms with E-state index < -0.39 is 11.9 Å². The van der Waals surface area contributed by atoms with E-state index in [1.807, 2.05) is 32.0 Å². The van der Waals surface area contributed by atoms with Gasteiger partial charge in [-0.15, -0.1) is 0 Å². The number of rotatable bonds is 8. The highest BCUT2D eigenvalue weighted by atomic mass is 16.2. The van der Waals surface area contributed by atoms with E-state index in [2.05, 4.69) is 5.32 Å². The lowest BCUT2D eigenvalue weighted by atomic mass is 9.99. The molecular formula is C21H24N2O3. The molecular weight excluding hydrogens is 328 g/mol. The quantitative estimate of drug-likeness (QED) is 0.715. The third kappa shape index (κ3) is 5.55. The molecule has 0 heterocycles. The molecule has 0 radical (unpaired) electrons. The van der Waals surface area contributed by atoms with E-state index in [-0.39, 0.29) is 17.6 Å². The Kier molecular flexibility index (Phi) is 6.67. The highest BCUT2D eigenvalue weighted by Gasteiger charge is 2.19. The molecule has 0 aliphatic heterocycles. The number of amides is 2. The second kappa shape index (κ2) is 8.94. The predicted molar refractivity (Wildman–Crippen MR) is 101 cm³/mol. The fourth-order valence-electron chi connectivity index (χ4n) is 2.63. The first-order valence-electron chi connectivity index (χ1n) is 8.64. The zero-order valence-electron chi connectivity index (χ0n) is 15.1. The average molecular weight is 352 g/mol. The largest absolute Gasteiger partial charge is 0.368 e. The number of hydrogen-bond donors (Lipinski definition) is 2. The molecule has 0 aliphatic rings. The van der Waals surface area contributed by atoms with Crippen molar-refractivity contribution in [1.82, 2.24) is 5.32 Å². The summed E-state index contributed by atoms with van der Waals surface area (Å²) in [6, 6.07) is 15.3. The number of nitrogens with two attached hydrogens (primary N) is 1. The smallest absolute Gasteiger partial charge is 0.240 e. The van der Waals surface area contributed by atoms with Gasteiger partial charge in [0.2, 0.25) is 11.8 Å². The van der Waals surface area contributed by atoms with Crippen molar-refractivity contribution in [2.45, 2.75) is 32.7 Å². The van der Waals surface area contributed by atoms with Crippen LogP contribution in [0.5, 0.6) is 0 Å². The van der Waals surface area contributed by atoms with Gasteiger partial charge in [0.15, 0.2) is 5.78 Å². The molecule has 2 aromatic rings. The van der Waals surface area contributed by atoms with Gasteiger partial charge in [-0.25, -0.2) is 0 Å². The van der Waals surface area contributed by atoms with Crippen molar-refractivity contribution >= 4 is 17.6 Å². The number of carbonyl (C=O) groups is 3. The van der Waals surface area contributed by atoms with Crippen molar-refractivity contribution in [3.8, 4) is 0 Å². The Morgan fingerprint density at radius 2 is 1.50 bits per heavy atom. The summed E-state index contributed by atoms with van der Waals surface area (Å²) < 4.78 is 0. The molecule has 5 heteroatoms. The molecule has 0 unspecified atom stereocenters. The summed E-state index contributed by atoms with van der Waals surface area (Å²) in [6.07, 6.45) is 0.632. The van der Waals surface area contributed by atoms with E-state index in [0.29, 0.717) is 24.0 Å². The van der Waals surface area contributed by atoms with Crippen molar-refractivity contribution in [3.05, 3.63) is 71.3 Å². The predicted octanol–water partition coefficient (Wildman–Crippen LogP) is 2.48. The van der Waals surface area contributed by atoms with E-state index in [1.54, 1.807) is 36.4 Å². The van der Waals surface area contributed by atoms with Crippen LogP contribution in [-0.2, 0) is 16.0 Å². The maximum atomic E-state index is 12.4. The fourth-order valence-corrected chi connectivity index (χ4v) is 2.63. The van der Waals surface area contributed by atoms with Crippen molar-refractivity contribution in [2.75, 3.05) is 0 Å². The minimum atomic E-state index is -0.767. The van der Waals surface area contributed by atoms with Gasteiger partial charge in [0.05, 0.1) is 0 Å². The first-order chi connectivity index (χ1) is 12.4. The third-order valence-electron chi connectivity index (χ3n) is 3.96. The second-order valence-electron chi connectivity index (χ2n) is 6.72. The molecule has 0 spiro atoms. The Labute approximate surface area is 153 Å². The molecule has 0 fully saturated rings. The number of primary amides is 1. The van der Waals surface area contributed by atoms with Crippen LogP contribution < -0.4 is 11.1 Å². The summed E-state index contributed by atoms with van der Waals surface area (Å²) in [5.41, 5.74) is 7.42. The molecule has 0 aliphatic carbocycles. The normalized spacial score (nSPS) is 11.8. The maximum Gasteiger partial charge on any atom is 0.240 e. The molecule has 1 atom stereocenters. The van der Waals surface area contributed by atoms with E-state index in [0.717, 1.165) is 5.56 Å². The van der Waals surface area contributed by atoms with Crippen LogP contribution in [0, 0.1) is 5.92 Å². The van der Waals surface area contributed by atoms with Gasteiger partial charge in [0, 0.05) is 24.0 Å². The molecule has 5 nitrogen and oxygen atoms in total. The molecule has 2 aromatic carbocycles. The highest BCUT2D eigenvalue weighted by Crippen LogP contribution is 2.12. The Bertz CT molecular complexity index is 768. The van der Waals surface area contributed by atoms with Gasteiger partial charge >= 0.3 is 0 Å². The lowest BCUT2D eigenvalue weighted by Crippen LogP contribution is -2.46. The summed E-state index contributed by atoms with van der Waals surface area (Å²) in [6.45, 7) is 3.86. The van der Waals surface area contributed by atoms with Gasteiger partial charge in [0.1, 0.15) is 6.04 Å². The van der Waals surface area contributed by atoms with Crippen LogP contribution in [-0.4, -0.2) is 23.6 Å². The van der Waals surface area contributed by atoms with Crippen molar-refractivity contribution in [3.63, 3.8) is 0 Å². The third-order valence-corrected chi connectivity index (χ3v) is 3.96. The van der Waals surface area contributed by atoms with Crippen LogP contribution in [0.2, 0.25) is 0 Å². The lowest BCUT2D eigenvalue weighted by molar-refractivity contribution is -0.127. The van der Waals surface area contributed by atoms with Crippen molar-refractivity contribution in [2.24, 2.45) is 11.7 Å². The number of hydrogen-bond acceptors (Lipinski definition) is 3. The first-order valence-corrected chi connectivity index (χ1v) is 8.64. The minimum absolute atomic E-state index is 0.0613. The molecule has 0 saturated heterocycles. The Balaban J connectivity index is 2.05. The van der Waals surface area contributed by atoms with Crippen LogP contribution in [0.15, 0.2) is 54.6 Å². The second-order valence-corrected chi connectivity index (χ2v) is 6.72. The standard InChI is InChI=1S/C21H24N2O3/c1-14(2)12-19(24)23-18(21(22)26)13-15-8-10-17(11-9-15)20(25)16-6-4-3-5-7-16/h3-11,14,18H,12-13H2,1-2H3,(H2,22,26)(H,23,24)/t18-/m0/s1. The summed E-state index contributed by atoms with van der Waals surface area (Å²) in [5.74, 6) is -0.633. The van der Waals surface area contributed by atoms with Crippen LogP contribution >= 0.6 is 0 Å². The molecule has 26 heavy (non-hydrogen) atoms. The Hall–Kier alpha value is -2.95. The number of benzene rings is 2. The minimum Gasteiger partial charge on any atom is -0.368 e. The SMILES string of the molecule is CC(C)CC(=O)N[C@@H](Cc1ccc(C(=O)c2ccccc2)cc1)C(N)=O. The summed E-state index contributed by atoms with van der Waals surface area (Å²) in [4.78, 5) is 35.9. The van der Waals surface area contributed by atoms with E-state index in [4.69, 9.17) is 5.73 Å². The van der Waals surface area contributed by atoms with E-state index in [1.165, 1.54) is 0 Å². The first kappa shape index (κ1) is 19.4. The summed E-state index contributed by atoms with van der Waals surface area (Å²) in [7, 11) is 0. The number of nitrogens with one attached hydrogen (secondary N) is 1. The molecule has 0 aromatic heterocycles. The zero-order valence-corrected chi connectivity index (χ0v) is 15.1. The number of carbonyl (C=O) groups excluding carboxylic acids is 3. The van der Waals surface area contributed by atoms with E-state index >= 15 is 0 Å². The van der Waals surface area contributed by atoms with E-state index in [9.17, 15) is 14.4 Å². The molecule has 0 saturated carbocycles. The highest BCUT2D eigenvalue weighted by molar-refractivity contribution is 6.08. The van der Waals surface area contributed by atoms with Crippen LogP contribution in [0.1, 0.15) is 41.8 Å². The molecule has 3 N–H and O–H groups in total. The molecule has 0 bridgehead atoms. The lowest BCUT2D eigenvalue weighted by Gasteiger charge is -2.16. The van der Waals surface area contributed by atoms with Gasteiger partial charge in [-0.05, 0) is 11.5 Å². The Morgan fingerprint density at radius 1 is 0.923 bits per heavy atom. The average Bonchev–Trinajstić information content (AvgIpc) is 2.61. The fraction of sp³-hybridized carbons (Fsp3) is 0.286. The topological polar surface area (TPSA) is 89.3 Å². The summed E-state index contributed by atoms with van der Waals surface area (Å²) >= 11 is 0. The van der Waals surface area contributed by atoms with Gasteiger partial charge in [0.25, 0.3) is 0 Å². The van der Waals surface area contributed by atoms with Crippen molar-refractivity contribution < 1.29 is 14.4 Å². The van der Waals surface area contributed by atoms with Gasteiger partial charge in [-0.3, -0.25) is 14.4 Å². The maximum absolute atomic E-state index is 12.4. The summed E-state index contributed by atoms with van der Waals surface area (Å²) in [5, 5.41) is 2.68. The van der Waals surface area contributed by atoms with Gasteiger partial charge in [-0.2, -0.15) is 0 Å². The van der Waals surface area contributed by atoms with Gasteiger partial charge < -0.3 is 11.1 Å². The van der Waals surface area contributed by atoms with Crippen LogP contribution in [0.25, 0.3) is 0 Å². The molecule has 2 rings (SSSR count). The van der Waals surface area contributed by atoms with Crippen LogP contribution in [0.3, 0.4) is 0 Å².